The maximum absolute atomic E-state index is 5.42. The highest BCUT2D eigenvalue weighted by atomic mass is 79.9. The molecule has 14 heavy (non-hydrogen) atoms. The van der Waals surface area contributed by atoms with Crippen LogP contribution in [0.1, 0.15) is 12.2 Å². The van der Waals surface area contributed by atoms with Crippen molar-refractivity contribution in [2.75, 3.05) is 18.6 Å². The fourth-order valence-electron chi connectivity index (χ4n) is 1.03. The van der Waals surface area contributed by atoms with Gasteiger partial charge in [-0.15, -0.1) is 0 Å². The first-order chi connectivity index (χ1) is 6.74. The normalized spacial score (nSPS) is 10.8. The van der Waals surface area contributed by atoms with Gasteiger partial charge in [0.25, 0.3) is 0 Å². The first kappa shape index (κ1) is 12.6. The molecule has 0 amide bonds. The van der Waals surface area contributed by atoms with Crippen molar-refractivity contribution < 1.29 is 4.42 Å². The fourth-order valence-corrected chi connectivity index (χ4v) is 2.12. The summed E-state index contributed by atoms with van der Waals surface area (Å²) >= 11 is 8.56. The summed E-state index contributed by atoms with van der Waals surface area (Å²) in [4.78, 5) is 0. The van der Waals surface area contributed by atoms with Crippen LogP contribution in [-0.4, -0.2) is 18.6 Å². The summed E-state index contributed by atoms with van der Waals surface area (Å²) in [5, 5.41) is 3.33. The van der Waals surface area contributed by atoms with Crippen molar-refractivity contribution in [2.24, 2.45) is 0 Å². The van der Waals surface area contributed by atoms with Crippen LogP contribution < -0.4 is 5.32 Å². The molecule has 1 aromatic rings. The van der Waals surface area contributed by atoms with Crippen molar-refractivity contribution in [3.63, 3.8) is 0 Å². The summed E-state index contributed by atoms with van der Waals surface area (Å²) in [5.41, 5.74) is 0. The number of hydrogen-bond donors (Lipinski definition) is 1. The minimum Gasteiger partial charge on any atom is -0.452 e. The van der Waals surface area contributed by atoms with E-state index in [0.29, 0.717) is 0 Å². The second-order valence-corrected chi connectivity index (χ2v) is 5.42. The molecule has 5 heteroatoms. The van der Waals surface area contributed by atoms with Crippen molar-refractivity contribution in [1.29, 1.82) is 0 Å². The Kier molecular flexibility index (Phi) is 6.25. The maximum Gasteiger partial charge on any atom is 0.183 e. The van der Waals surface area contributed by atoms with Crippen molar-refractivity contribution in [3.05, 3.63) is 21.0 Å². The van der Waals surface area contributed by atoms with E-state index in [0.717, 1.165) is 28.0 Å². The van der Waals surface area contributed by atoms with Gasteiger partial charge in [0.1, 0.15) is 5.76 Å². The van der Waals surface area contributed by atoms with Gasteiger partial charge in [0, 0.05) is 0 Å². The molecule has 0 fully saturated rings. The van der Waals surface area contributed by atoms with Crippen LogP contribution in [0.5, 0.6) is 0 Å². The van der Waals surface area contributed by atoms with Gasteiger partial charge < -0.3 is 9.73 Å². The number of halogens is 2. The molecular formula is C9H13Br2NOS. The standard InChI is InChI=1S/C9H13Br2NOS/c1-14-4-2-3-12-6-7-5-8(10)9(11)13-7/h5,12H,2-4,6H2,1H3. The molecule has 0 aliphatic rings. The predicted octanol–water partition coefficient (Wildman–Crippen LogP) is 3.65. The van der Waals surface area contributed by atoms with Gasteiger partial charge in [-0.1, -0.05) is 0 Å². The molecule has 0 bridgehead atoms. The highest BCUT2D eigenvalue weighted by Gasteiger charge is 2.04. The maximum atomic E-state index is 5.42. The lowest BCUT2D eigenvalue weighted by molar-refractivity contribution is 0.465. The van der Waals surface area contributed by atoms with Gasteiger partial charge in [-0.05, 0) is 62.9 Å². The number of rotatable bonds is 6. The number of nitrogens with one attached hydrogen (secondary N) is 1. The van der Waals surface area contributed by atoms with Gasteiger partial charge in [0.05, 0.1) is 11.0 Å². The molecule has 0 spiro atoms. The highest BCUT2D eigenvalue weighted by molar-refractivity contribution is 9.13. The summed E-state index contributed by atoms with van der Waals surface area (Å²) in [6.45, 7) is 1.83. The van der Waals surface area contributed by atoms with Crippen molar-refractivity contribution >= 4 is 43.6 Å². The Bertz CT molecular complexity index is 258. The molecule has 1 heterocycles. The lowest BCUT2D eigenvalue weighted by Crippen LogP contribution is -2.14. The quantitative estimate of drug-likeness (QED) is 0.799. The molecule has 80 valence electrons. The van der Waals surface area contributed by atoms with Crippen molar-refractivity contribution in [3.8, 4) is 0 Å². The summed E-state index contributed by atoms with van der Waals surface area (Å²) < 4.78 is 7.16. The number of furan rings is 1. The Hall–Kier alpha value is 0.550. The third kappa shape index (κ3) is 4.38. The van der Waals surface area contributed by atoms with Gasteiger partial charge in [-0.3, -0.25) is 0 Å². The van der Waals surface area contributed by atoms with Gasteiger partial charge in [-0.2, -0.15) is 11.8 Å². The largest absolute Gasteiger partial charge is 0.452 e. The van der Waals surface area contributed by atoms with Crippen LogP contribution >= 0.6 is 43.6 Å². The van der Waals surface area contributed by atoms with Crippen LogP contribution in [-0.2, 0) is 6.54 Å². The van der Waals surface area contributed by atoms with Crippen LogP contribution in [0.2, 0.25) is 0 Å². The Morgan fingerprint density at radius 1 is 1.50 bits per heavy atom. The molecular weight excluding hydrogens is 330 g/mol. The van der Waals surface area contributed by atoms with Crippen LogP contribution in [0.3, 0.4) is 0 Å². The zero-order valence-electron chi connectivity index (χ0n) is 7.98. The zero-order valence-corrected chi connectivity index (χ0v) is 12.0. The van der Waals surface area contributed by atoms with Crippen LogP contribution in [0.25, 0.3) is 0 Å². The molecule has 0 aliphatic carbocycles. The minimum absolute atomic E-state index is 0.762. The van der Waals surface area contributed by atoms with Crippen LogP contribution in [0.15, 0.2) is 19.6 Å². The Morgan fingerprint density at radius 3 is 2.86 bits per heavy atom. The van der Waals surface area contributed by atoms with Crippen LogP contribution in [0.4, 0.5) is 0 Å². The summed E-state index contributed by atoms with van der Waals surface area (Å²) in [6, 6.07) is 1.98. The van der Waals surface area contributed by atoms with Gasteiger partial charge in [0.15, 0.2) is 4.67 Å². The summed E-state index contributed by atoms with van der Waals surface area (Å²) in [5.74, 6) is 2.16. The molecule has 0 saturated carbocycles. The lowest BCUT2D eigenvalue weighted by Gasteiger charge is -2.00. The van der Waals surface area contributed by atoms with Crippen molar-refractivity contribution in [1.82, 2.24) is 5.32 Å². The third-order valence-electron chi connectivity index (χ3n) is 1.70. The second kappa shape index (κ2) is 6.93. The van der Waals surface area contributed by atoms with E-state index in [1.807, 2.05) is 17.8 Å². The SMILES string of the molecule is CSCCCNCc1cc(Br)c(Br)o1. The Balaban J connectivity index is 2.18. The molecule has 0 aliphatic heterocycles. The summed E-state index contributed by atoms with van der Waals surface area (Å²) in [7, 11) is 0. The van der Waals surface area contributed by atoms with E-state index in [1.54, 1.807) is 0 Å². The predicted molar refractivity (Wildman–Crippen MR) is 68.8 cm³/mol. The average molecular weight is 343 g/mol. The minimum atomic E-state index is 0.762. The molecule has 0 saturated heterocycles. The van der Waals surface area contributed by atoms with E-state index in [1.165, 1.54) is 12.2 Å². The number of hydrogen-bond acceptors (Lipinski definition) is 3. The topological polar surface area (TPSA) is 25.2 Å². The van der Waals surface area contributed by atoms with Crippen molar-refractivity contribution in [2.45, 2.75) is 13.0 Å². The Morgan fingerprint density at radius 2 is 2.29 bits per heavy atom. The zero-order chi connectivity index (χ0) is 10.4. The monoisotopic (exact) mass is 341 g/mol. The molecule has 1 rings (SSSR count). The first-order valence-electron chi connectivity index (χ1n) is 4.37. The van der Waals surface area contributed by atoms with E-state index in [-0.39, 0.29) is 0 Å². The van der Waals surface area contributed by atoms with E-state index in [2.05, 4.69) is 43.4 Å². The Labute approximate surface area is 105 Å². The molecule has 2 nitrogen and oxygen atoms in total. The summed E-state index contributed by atoms with van der Waals surface area (Å²) in [6.07, 6.45) is 3.32. The molecule has 1 aromatic heterocycles. The average Bonchev–Trinajstić information content (AvgIpc) is 2.46. The smallest absolute Gasteiger partial charge is 0.183 e. The molecule has 0 radical (unpaired) electrons. The van der Waals surface area contributed by atoms with Gasteiger partial charge >= 0.3 is 0 Å². The fraction of sp³-hybridized carbons (Fsp3) is 0.556. The molecule has 0 atom stereocenters. The second-order valence-electron chi connectivity index (χ2n) is 2.86. The third-order valence-corrected chi connectivity index (χ3v) is 4.10. The molecule has 0 unspecified atom stereocenters. The van der Waals surface area contributed by atoms with E-state index in [9.17, 15) is 0 Å². The lowest BCUT2D eigenvalue weighted by atomic mass is 10.4. The van der Waals surface area contributed by atoms with E-state index in [4.69, 9.17) is 4.42 Å². The molecule has 0 aromatic carbocycles. The van der Waals surface area contributed by atoms with Crippen LogP contribution in [0, 0.1) is 0 Å². The van der Waals surface area contributed by atoms with Gasteiger partial charge in [-0.25, -0.2) is 0 Å². The first-order valence-corrected chi connectivity index (χ1v) is 7.35. The highest BCUT2D eigenvalue weighted by Crippen LogP contribution is 2.26. The molecule has 1 N–H and O–H groups in total. The van der Waals surface area contributed by atoms with E-state index < -0.39 is 0 Å². The van der Waals surface area contributed by atoms with Gasteiger partial charge in [0.2, 0.25) is 0 Å². The van der Waals surface area contributed by atoms with E-state index >= 15 is 0 Å². The number of thioether (sulfide) groups is 1.